The van der Waals surface area contributed by atoms with Crippen LogP contribution in [-0.4, -0.2) is 49.8 Å². The number of carbonyl (C=O) groups excluding carboxylic acids is 3. The van der Waals surface area contributed by atoms with Gasteiger partial charge in [-0.1, -0.05) is 12.1 Å². The van der Waals surface area contributed by atoms with Gasteiger partial charge < -0.3 is 30.4 Å². The Hall–Kier alpha value is -5.14. The molecule has 44 heavy (non-hydrogen) atoms. The van der Waals surface area contributed by atoms with Crippen LogP contribution >= 0.6 is 0 Å². The third kappa shape index (κ3) is 10.3. The second-order valence-corrected chi connectivity index (χ2v) is 9.16. The summed E-state index contributed by atoms with van der Waals surface area (Å²) < 4.78 is 82.9. The summed E-state index contributed by atoms with van der Waals surface area (Å²) in [5.74, 6) is -6.49. The molecule has 0 radical (unpaired) electrons. The van der Waals surface area contributed by atoms with Crippen molar-refractivity contribution in [3.05, 3.63) is 89.5 Å². The number of anilines is 2. The Bertz CT molecular complexity index is 1450. The highest BCUT2D eigenvalue weighted by Gasteiger charge is 2.56. The van der Waals surface area contributed by atoms with Gasteiger partial charge in [0.15, 0.2) is 0 Å². The number of carbonyl (C=O) groups is 3. The average Bonchev–Trinajstić information content (AvgIpc) is 2.96. The Morgan fingerprint density at radius 2 is 1.30 bits per heavy atom. The molecule has 0 aliphatic carbocycles. The molecule has 0 aliphatic heterocycles. The Labute approximate surface area is 248 Å². The first-order valence-corrected chi connectivity index (χ1v) is 12.9. The molecule has 3 aromatic carbocycles. The van der Waals surface area contributed by atoms with Crippen molar-refractivity contribution in [3.63, 3.8) is 0 Å². The van der Waals surface area contributed by atoms with Gasteiger partial charge in [-0.2, -0.15) is 22.0 Å². The van der Waals surface area contributed by atoms with Gasteiger partial charge in [-0.15, -0.1) is 0 Å². The molecule has 0 heterocycles. The molecule has 3 rings (SSSR count). The molecule has 0 amide bonds. The monoisotopic (exact) mass is 622 g/mol. The third-order valence-corrected chi connectivity index (χ3v) is 5.69. The number of hydrogen-bond acceptors (Lipinski definition) is 9. The number of hydrogen-bond donors (Lipinski definition) is 2. The molecule has 0 spiro atoms. The normalized spacial score (nSPS) is 11.7. The SMILES string of the molecule is Nc1cc(N)cc(C(=O)OCCOC(=O)C=Cc2ccc(OC(=O)c3ccc(OCCCC(F)(F)C(F)(F)F)cc3)cc2)c1. The van der Waals surface area contributed by atoms with Gasteiger partial charge in [0.25, 0.3) is 0 Å². The zero-order valence-corrected chi connectivity index (χ0v) is 22.9. The van der Waals surface area contributed by atoms with Crippen LogP contribution in [0.1, 0.15) is 39.1 Å². The maximum absolute atomic E-state index is 12.9. The van der Waals surface area contributed by atoms with E-state index >= 15 is 0 Å². The van der Waals surface area contributed by atoms with E-state index in [0.29, 0.717) is 16.9 Å². The van der Waals surface area contributed by atoms with E-state index in [-0.39, 0.29) is 42.4 Å². The molecule has 14 heteroatoms. The largest absolute Gasteiger partial charge is 0.494 e. The first-order valence-electron chi connectivity index (χ1n) is 12.9. The van der Waals surface area contributed by atoms with E-state index in [0.717, 1.165) is 6.08 Å². The fourth-order valence-corrected chi connectivity index (χ4v) is 3.49. The van der Waals surface area contributed by atoms with Crippen molar-refractivity contribution >= 4 is 35.4 Å². The highest BCUT2D eigenvalue weighted by molar-refractivity contribution is 5.92. The highest BCUT2D eigenvalue weighted by atomic mass is 19.4. The van der Waals surface area contributed by atoms with Gasteiger partial charge in [0.05, 0.1) is 17.7 Å². The average molecular weight is 623 g/mol. The number of alkyl halides is 5. The van der Waals surface area contributed by atoms with Crippen LogP contribution in [0.2, 0.25) is 0 Å². The van der Waals surface area contributed by atoms with Gasteiger partial charge >= 0.3 is 30.0 Å². The standard InChI is InChI=1S/C30H27F5N2O7/c31-29(32,30(33,34)35)12-1-13-41-24-9-5-20(6-10-24)28(40)44-25-7-2-19(3-8-25)4-11-26(38)42-14-15-43-27(39)21-16-22(36)18-23(37)17-21/h2-11,16-18H,1,12-15,36-37H2. The van der Waals surface area contributed by atoms with Crippen LogP contribution in [0.15, 0.2) is 72.8 Å². The molecule has 3 aromatic rings. The van der Waals surface area contributed by atoms with Crippen LogP contribution in [0, 0.1) is 0 Å². The van der Waals surface area contributed by atoms with E-state index in [2.05, 4.69) is 0 Å². The zero-order valence-electron chi connectivity index (χ0n) is 22.9. The van der Waals surface area contributed by atoms with Crippen molar-refractivity contribution in [3.8, 4) is 11.5 Å². The molecule has 234 valence electrons. The predicted octanol–water partition coefficient (Wildman–Crippen LogP) is 5.84. The maximum Gasteiger partial charge on any atom is 0.453 e. The van der Waals surface area contributed by atoms with Crippen LogP contribution in [-0.2, 0) is 14.3 Å². The van der Waals surface area contributed by atoms with Crippen LogP contribution < -0.4 is 20.9 Å². The summed E-state index contributed by atoms with van der Waals surface area (Å²) in [6, 6.07) is 15.8. The van der Waals surface area contributed by atoms with E-state index in [4.69, 9.17) is 30.4 Å². The lowest BCUT2D eigenvalue weighted by atomic mass is 10.2. The van der Waals surface area contributed by atoms with Crippen LogP contribution in [0.5, 0.6) is 11.5 Å². The zero-order chi connectivity index (χ0) is 32.3. The summed E-state index contributed by atoms with van der Waals surface area (Å²) in [7, 11) is 0. The van der Waals surface area contributed by atoms with Gasteiger partial charge in [0.1, 0.15) is 24.7 Å². The number of esters is 3. The number of nitrogen functional groups attached to an aromatic ring is 2. The molecular weight excluding hydrogens is 595 g/mol. The van der Waals surface area contributed by atoms with Crippen molar-refractivity contribution in [2.75, 3.05) is 31.3 Å². The second-order valence-electron chi connectivity index (χ2n) is 9.16. The van der Waals surface area contributed by atoms with Gasteiger partial charge in [-0.05, 0) is 72.7 Å². The Morgan fingerprint density at radius 3 is 1.91 bits per heavy atom. The number of rotatable bonds is 13. The Balaban J connectivity index is 1.38. The minimum absolute atomic E-state index is 0.135. The molecule has 0 unspecified atom stereocenters. The molecule has 0 saturated heterocycles. The topological polar surface area (TPSA) is 140 Å². The smallest absolute Gasteiger partial charge is 0.453 e. The van der Waals surface area contributed by atoms with Gasteiger partial charge in [0, 0.05) is 23.9 Å². The molecule has 9 nitrogen and oxygen atoms in total. The quantitative estimate of drug-likeness (QED) is 0.0601. The van der Waals surface area contributed by atoms with Crippen molar-refractivity contribution in [1.29, 1.82) is 0 Å². The predicted molar refractivity (Wildman–Crippen MR) is 149 cm³/mol. The highest BCUT2D eigenvalue weighted by Crippen LogP contribution is 2.38. The Kier molecular flexibility index (Phi) is 11.3. The number of ether oxygens (including phenoxy) is 4. The van der Waals surface area contributed by atoms with Crippen LogP contribution in [0.25, 0.3) is 6.08 Å². The van der Waals surface area contributed by atoms with E-state index in [1.165, 1.54) is 60.7 Å². The maximum atomic E-state index is 12.9. The van der Waals surface area contributed by atoms with Gasteiger partial charge in [-0.3, -0.25) is 0 Å². The minimum atomic E-state index is -5.61. The lowest BCUT2D eigenvalue weighted by Crippen LogP contribution is -2.36. The minimum Gasteiger partial charge on any atom is -0.494 e. The van der Waals surface area contributed by atoms with Crippen LogP contribution in [0.3, 0.4) is 0 Å². The number of benzene rings is 3. The number of halogens is 5. The molecule has 0 aromatic heterocycles. The first kappa shape index (κ1) is 33.4. The first-order chi connectivity index (χ1) is 20.7. The lowest BCUT2D eigenvalue weighted by Gasteiger charge is -2.19. The third-order valence-electron chi connectivity index (χ3n) is 5.69. The van der Waals surface area contributed by atoms with Crippen molar-refractivity contribution < 1.29 is 55.3 Å². The second kappa shape index (κ2) is 14.8. The fourth-order valence-electron chi connectivity index (χ4n) is 3.49. The van der Waals surface area contributed by atoms with E-state index in [1.807, 2.05) is 0 Å². The molecular formula is C30H27F5N2O7. The lowest BCUT2D eigenvalue weighted by molar-refractivity contribution is -0.284. The summed E-state index contributed by atoms with van der Waals surface area (Å²) in [4.78, 5) is 36.3. The van der Waals surface area contributed by atoms with Crippen molar-refractivity contribution in [1.82, 2.24) is 0 Å². The summed E-state index contributed by atoms with van der Waals surface area (Å²) in [5.41, 5.74) is 12.8. The molecule has 0 atom stereocenters. The van der Waals surface area contributed by atoms with E-state index < -0.39 is 42.8 Å². The molecule has 0 bridgehead atoms. The van der Waals surface area contributed by atoms with E-state index in [1.54, 1.807) is 12.1 Å². The van der Waals surface area contributed by atoms with Crippen molar-refractivity contribution in [2.45, 2.75) is 24.9 Å². The van der Waals surface area contributed by atoms with Gasteiger partial charge in [-0.25, -0.2) is 14.4 Å². The summed E-state index contributed by atoms with van der Waals surface area (Å²) in [6.07, 6.45) is -4.92. The summed E-state index contributed by atoms with van der Waals surface area (Å²) >= 11 is 0. The summed E-state index contributed by atoms with van der Waals surface area (Å²) in [5, 5.41) is 0. The molecule has 0 fully saturated rings. The molecule has 0 aliphatic rings. The Morgan fingerprint density at radius 1 is 0.705 bits per heavy atom. The fraction of sp³-hybridized carbons (Fsp3) is 0.233. The molecule has 4 N–H and O–H groups in total. The van der Waals surface area contributed by atoms with Crippen molar-refractivity contribution in [2.24, 2.45) is 0 Å². The number of nitrogens with two attached hydrogens (primary N) is 2. The van der Waals surface area contributed by atoms with Gasteiger partial charge in [0.2, 0.25) is 0 Å². The van der Waals surface area contributed by atoms with E-state index in [9.17, 15) is 36.3 Å². The molecule has 0 saturated carbocycles. The summed E-state index contributed by atoms with van der Waals surface area (Å²) in [6.45, 7) is -0.740. The van der Waals surface area contributed by atoms with Crippen LogP contribution in [0.4, 0.5) is 33.3 Å².